The quantitative estimate of drug-likeness (QED) is 0.684. The topological polar surface area (TPSA) is 85.8 Å². The molecule has 0 bridgehead atoms. The smallest absolute Gasteiger partial charge is 0.248 e. The van der Waals surface area contributed by atoms with Crippen molar-refractivity contribution >= 4 is 11.9 Å². The Bertz CT molecular complexity index is 1150. The summed E-state index contributed by atoms with van der Waals surface area (Å²) in [4.78, 5) is 17.0. The van der Waals surface area contributed by atoms with Gasteiger partial charge in [0.1, 0.15) is 6.04 Å². The number of carbonyl (C=O) groups is 1. The predicted octanol–water partition coefficient (Wildman–Crippen LogP) is 4.33. The molecule has 3 N–H and O–H groups in total. The van der Waals surface area contributed by atoms with Gasteiger partial charge in [-0.1, -0.05) is 74.9 Å². The third kappa shape index (κ3) is 3.49. The number of primary amides is 1. The van der Waals surface area contributed by atoms with E-state index in [2.05, 4.69) is 44.3 Å². The molecule has 6 heteroatoms. The van der Waals surface area contributed by atoms with Gasteiger partial charge in [0.2, 0.25) is 11.9 Å². The van der Waals surface area contributed by atoms with Gasteiger partial charge in [-0.15, -0.1) is 5.10 Å². The van der Waals surface area contributed by atoms with E-state index in [1.54, 1.807) is 4.68 Å². The number of anilines is 1. The van der Waals surface area contributed by atoms with Crippen LogP contribution in [-0.4, -0.2) is 20.7 Å². The Morgan fingerprint density at radius 3 is 2.40 bits per heavy atom. The molecule has 0 radical (unpaired) electrons. The summed E-state index contributed by atoms with van der Waals surface area (Å²) >= 11 is 0. The van der Waals surface area contributed by atoms with Crippen LogP contribution in [0.25, 0.3) is 11.4 Å². The van der Waals surface area contributed by atoms with E-state index in [1.165, 1.54) is 5.56 Å². The van der Waals surface area contributed by atoms with Gasteiger partial charge in [0, 0.05) is 11.3 Å². The number of aryl methyl sites for hydroxylation is 1. The predicted molar refractivity (Wildman–Crippen MR) is 119 cm³/mol. The van der Waals surface area contributed by atoms with Crippen molar-refractivity contribution < 1.29 is 4.79 Å². The number of hydrogen-bond donors (Lipinski definition) is 2. The first-order valence-corrected chi connectivity index (χ1v) is 10.1. The molecule has 0 fully saturated rings. The molecule has 2 aromatic carbocycles. The zero-order chi connectivity index (χ0) is 21.6. The number of nitrogens with two attached hydrogens (primary N) is 1. The van der Waals surface area contributed by atoms with Gasteiger partial charge in [-0.05, 0) is 30.4 Å². The van der Waals surface area contributed by atoms with Crippen molar-refractivity contribution in [1.82, 2.24) is 14.8 Å². The third-order valence-electron chi connectivity index (χ3n) is 5.49. The SMILES string of the molecule is CC1=C(C(N)=O)C(c2cccc(C)c2)n2nc(-c3ccc(C(C)(C)C)cc3)nc2N1. The largest absolute Gasteiger partial charge is 0.366 e. The zero-order valence-electron chi connectivity index (χ0n) is 18.0. The number of fused-ring (bicyclic) bond motifs is 1. The van der Waals surface area contributed by atoms with Crippen LogP contribution in [0, 0.1) is 6.92 Å². The molecule has 0 saturated carbocycles. The summed E-state index contributed by atoms with van der Waals surface area (Å²) < 4.78 is 1.76. The molecule has 1 unspecified atom stereocenters. The second-order valence-corrected chi connectivity index (χ2v) is 8.88. The Labute approximate surface area is 176 Å². The highest BCUT2D eigenvalue weighted by Crippen LogP contribution is 2.36. The van der Waals surface area contributed by atoms with Crippen LogP contribution in [0.2, 0.25) is 0 Å². The van der Waals surface area contributed by atoms with E-state index in [1.807, 2.05) is 44.2 Å². The molecule has 4 rings (SSSR count). The number of hydrogen-bond acceptors (Lipinski definition) is 4. The zero-order valence-corrected chi connectivity index (χ0v) is 18.0. The van der Waals surface area contributed by atoms with Gasteiger partial charge in [0.15, 0.2) is 5.82 Å². The number of carbonyl (C=O) groups excluding carboxylic acids is 1. The van der Waals surface area contributed by atoms with Crippen LogP contribution < -0.4 is 11.1 Å². The summed E-state index contributed by atoms with van der Waals surface area (Å²) in [5, 5.41) is 7.97. The minimum atomic E-state index is -0.469. The average molecular weight is 402 g/mol. The van der Waals surface area contributed by atoms with E-state index in [4.69, 9.17) is 15.8 Å². The Kier molecular flexibility index (Phi) is 4.73. The molecule has 154 valence electrons. The van der Waals surface area contributed by atoms with E-state index in [9.17, 15) is 4.79 Å². The van der Waals surface area contributed by atoms with E-state index in [0.29, 0.717) is 23.0 Å². The fourth-order valence-electron chi connectivity index (χ4n) is 3.86. The van der Waals surface area contributed by atoms with Crippen molar-refractivity contribution in [1.29, 1.82) is 0 Å². The Hall–Kier alpha value is -3.41. The van der Waals surface area contributed by atoms with Crippen LogP contribution in [0.1, 0.15) is 50.4 Å². The van der Waals surface area contributed by atoms with Crippen LogP contribution in [0.3, 0.4) is 0 Å². The fraction of sp³-hybridized carbons (Fsp3) is 0.292. The molecule has 2 heterocycles. The van der Waals surface area contributed by atoms with Crippen molar-refractivity contribution in [3.8, 4) is 11.4 Å². The standard InChI is InChI=1S/C24H27N5O/c1-14-7-6-8-17(13-14)20-19(21(25)30)15(2)26-23-27-22(28-29(20)23)16-9-11-18(12-10-16)24(3,4)5/h6-13,20H,1-5H3,(H2,25,30)(H,26,27,28). The summed E-state index contributed by atoms with van der Waals surface area (Å²) in [6, 6.07) is 15.9. The number of aromatic nitrogens is 3. The van der Waals surface area contributed by atoms with Crippen LogP contribution in [0.5, 0.6) is 0 Å². The molecule has 3 aromatic rings. The average Bonchev–Trinajstić information content (AvgIpc) is 3.09. The molecule has 1 aliphatic heterocycles. The Morgan fingerprint density at radius 1 is 1.10 bits per heavy atom. The van der Waals surface area contributed by atoms with Crippen molar-refractivity contribution in [3.63, 3.8) is 0 Å². The highest BCUT2D eigenvalue weighted by Gasteiger charge is 2.33. The lowest BCUT2D eigenvalue weighted by molar-refractivity contribution is -0.115. The first-order chi connectivity index (χ1) is 14.1. The molecule has 1 amide bonds. The molecule has 6 nitrogen and oxygen atoms in total. The maximum atomic E-state index is 12.3. The van der Waals surface area contributed by atoms with E-state index in [0.717, 1.165) is 16.7 Å². The molecule has 1 atom stereocenters. The van der Waals surface area contributed by atoms with Crippen LogP contribution in [-0.2, 0) is 10.2 Å². The van der Waals surface area contributed by atoms with Gasteiger partial charge in [-0.3, -0.25) is 4.79 Å². The number of allylic oxidation sites excluding steroid dienone is 1. The van der Waals surface area contributed by atoms with Crippen LogP contribution in [0.15, 0.2) is 59.8 Å². The third-order valence-corrected chi connectivity index (χ3v) is 5.49. The Balaban J connectivity index is 1.82. The van der Waals surface area contributed by atoms with Crippen molar-refractivity contribution in [2.45, 2.75) is 46.1 Å². The summed E-state index contributed by atoms with van der Waals surface area (Å²) in [6.07, 6.45) is 0. The molecule has 0 saturated heterocycles. The molecule has 1 aromatic heterocycles. The second-order valence-electron chi connectivity index (χ2n) is 8.88. The fourth-order valence-corrected chi connectivity index (χ4v) is 3.86. The van der Waals surface area contributed by atoms with Gasteiger partial charge in [0.25, 0.3) is 0 Å². The summed E-state index contributed by atoms with van der Waals surface area (Å²) in [5.74, 6) is 0.733. The van der Waals surface area contributed by atoms with Gasteiger partial charge < -0.3 is 11.1 Å². The monoisotopic (exact) mass is 401 g/mol. The molecular weight excluding hydrogens is 374 g/mol. The Morgan fingerprint density at radius 2 is 1.80 bits per heavy atom. The highest BCUT2D eigenvalue weighted by atomic mass is 16.1. The molecular formula is C24H27N5O. The van der Waals surface area contributed by atoms with Gasteiger partial charge >= 0.3 is 0 Å². The molecule has 30 heavy (non-hydrogen) atoms. The van der Waals surface area contributed by atoms with Gasteiger partial charge in [-0.2, -0.15) is 4.98 Å². The summed E-state index contributed by atoms with van der Waals surface area (Å²) in [7, 11) is 0. The second kappa shape index (κ2) is 7.13. The number of rotatable bonds is 3. The van der Waals surface area contributed by atoms with E-state index >= 15 is 0 Å². The van der Waals surface area contributed by atoms with Gasteiger partial charge in [-0.25, -0.2) is 4.68 Å². The number of benzene rings is 2. The highest BCUT2D eigenvalue weighted by molar-refractivity contribution is 5.95. The van der Waals surface area contributed by atoms with Crippen molar-refractivity contribution in [2.24, 2.45) is 5.73 Å². The van der Waals surface area contributed by atoms with Crippen molar-refractivity contribution in [2.75, 3.05) is 5.32 Å². The molecule has 1 aliphatic rings. The van der Waals surface area contributed by atoms with Crippen LogP contribution >= 0.6 is 0 Å². The van der Waals surface area contributed by atoms with E-state index in [-0.39, 0.29) is 5.41 Å². The first kappa shape index (κ1) is 19.9. The van der Waals surface area contributed by atoms with Gasteiger partial charge in [0.05, 0.1) is 5.57 Å². The maximum Gasteiger partial charge on any atom is 0.248 e. The molecule has 0 aliphatic carbocycles. The lowest BCUT2D eigenvalue weighted by Gasteiger charge is -2.27. The van der Waals surface area contributed by atoms with Crippen LogP contribution in [0.4, 0.5) is 5.95 Å². The minimum absolute atomic E-state index is 0.0780. The maximum absolute atomic E-state index is 12.3. The molecule has 0 spiro atoms. The first-order valence-electron chi connectivity index (χ1n) is 10.1. The van der Waals surface area contributed by atoms with Crippen molar-refractivity contribution in [3.05, 3.63) is 76.5 Å². The summed E-state index contributed by atoms with van der Waals surface area (Å²) in [5.41, 5.74) is 11.3. The lowest BCUT2D eigenvalue weighted by atomic mass is 9.87. The minimum Gasteiger partial charge on any atom is -0.366 e. The number of nitrogens with one attached hydrogen (secondary N) is 1. The normalized spacial score (nSPS) is 16.2. The number of amides is 1. The lowest BCUT2D eigenvalue weighted by Crippen LogP contribution is -2.31. The number of nitrogens with zero attached hydrogens (tertiary/aromatic N) is 3. The summed E-state index contributed by atoms with van der Waals surface area (Å²) in [6.45, 7) is 10.4. The van der Waals surface area contributed by atoms with E-state index < -0.39 is 11.9 Å².